The first-order chi connectivity index (χ1) is 19.5. The van der Waals surface area contributed by atoms with Crippen molar-refractivity contribution in [3.05, 3.63) is 82.2 Å². The molecular formula is C31H26F7NO2. The van der Waals surface area contributed by atoms with E-state index >= 15 is 4.39 Å². The Bertz CT molecular complexity index is 1460. The van der Waals surface area contributed by atoms with Crippen LogP contribution >= 0.6 is 0 Å². The monoisotopic (exact) mass is 577 g/mol. The highest BCUT2D eigenvalue weighted by Gasteiger charge is 2.42. The molecule has 1 aliphatic heterocycles. The van der Waals surface area contributed by atoms with Crippen molar-refractivity contribution < 1.29 is 40.2 Å². The van der Waals surface area contributed by atoms with Gasteiger partial charge in [-0.1, -0.05) is 26.2 Å². The summed E-state index contributed by atoms with van der Waals surface area (Å²) < 4.78 is 112. The van der Waals surface area contributed by atoms with Gasteiger partial charge in [0.1, 0.15) is 57.8 Å². The van der Waals surface area contributed by atoms with Crippen molar-refractivity contribution in [3.8, 4) is 28.7 Å². The molecule has 0 aromatic heterocycles. The van der Waals surface area contributed by atoms with Gasteiger partial charge in [0.25, 0.3) is 0 Å². The predicted octanol–water partition coefficient (Wildman–Crippen LogP) is 8.82. The summed E-state index contributed by atoms with van der Waals surface area (Å²) in [7, 11) is 0. The van der Waals surface area contributed by atoms with E-state index in [1.807, 2.05) is 0 Å². The van der Waals surface area contributed by atoms with E-state index in [0.717, 1.165) is 38.0 Å². The number of benzene rings is 3. The third-order valence-corrected chi connectivity index (χ3v) is 8.24. The van der Waals surface area contributed by atoms with Crippen LogP contribution in [0.4, 0.5) is 30.7 Å². The van der Waals surface area contributed by atoms with Crippen molar-refractivity contribution in [2.45, 2.75) is 51.6 Å². The molecule has 2 aliphatic rings. The van der Waals surface area contributed by atoms with Crippen molar-refractivity contribution in [3.63, 3.8) is 0 Å². The average Bonchev–Trinajstić information content (AvgIpc) is 2.91. The first-order valence-electron chi connectivity index (χ1n) is 13.4. The summed E-state index contributed by atoms with van der Waals surface area (Å²) in [5, 5.41) is 8.71. The molecule has 3 nitrogen and oxygen atoms in total. The molecule has 1 heterocycles. The van der Waals surface area contributed by atoms with Crippen molar-refractivity contribution in [2.24, 2.45) is 17.8 Å². The third-order valence-electron chi connectivity index (χ3n) is 8.24. The molecule has 0 N–H and O–H groups in total. The van der Waals surface area contributed by atoms with Gasteiger partial charge in [0.15, 0.2) is 0 Å². The Morgan fingerprint density at radius 3 is 2.07 bits per heavy atom. The Hall–Kier alpha value is -3.74. The number of nitrogens with zero attached hydrogens (tertiary/aromatic N) is 1. The third kappa shape index (κ3) is 5.72. The first kappa shape index (κ1) is 28.8. The fourth-order valence-corrected chi connectivity index (χ4v) is 5.94. The lowest BCUT2D eigenvalue weighted by molar-refractivity contribution is -0.189. The summed E-state index contributed by atoms with van der Waals surface area (Å²) in [5.41, 5.74) is -2.82. The molecule has 216 valence electrons. The summed E-state index contributed by atoms with van der Waals surface area (Å²) in [6.07, 6.45) is 1.58. The molecule has 3 aromatic carbocycles. The van der Waals surface area contributed by atoms with Crippen molar-refractivity contribution >= 4 is 0 Å². The largest absolute Gasteiger partial charge is 0.493 e. The number of alkyl halides is 2. The normalized spacial score (nSPS) is 20.6. The van der Waals surface area contributed by atoms with E-state index in [1.54, 1.807) is 0 Å². The molecule has 1 atom stereocenters. The Balaban J connectivity index is 1.38. The smallest absolute Gasteiger partial charge is 0.432 e. The molecule has 0 amide bonds. The van der Waals surface area contributed by atoms with E-state index < -0.39 is 52.1 Å². The zero-order valence-electron chi connectivity index (χ0n) is 22.1. The molecule has 0 bridgehead atoms. The Morgan fingerprint density at radius 2 is 1.49 bits per heavy atom. The van der Waals surface area contributed by atoms with Gasteiger partial charge in [0.2, 0.25) is 0 Å². The molecule has 5 rings (SSSR count). The molecule has 1 aliphatic carbocycles. The van der Waals surface area contributed by atoms with Crippen LogP contribution in [-0.2, 0) is 12.5 Å². The molecule has 41 heavy (non-hydrogen) atoms. The van der Waals surface area contributed by atoms with Gasteiger partial charge in [0, 0.05) is 17.7 Å². The minimum absolute atomic E-state index is 0.236. The van der Waals surface area contributed by atoms with Gasteiger partial charge in [-0.15, -0.1) is 0 Å². The quantitative estimate of drug-likeness (QED) is 0.275. The number of hydrogen-bond acceptors (Lipinski definition) is 3. The summed E-state index contributed by atoms with van der Waals surface area (Å²) in [4.78, 5) is 0. The van der Waals surface area contributed by atoms with E-state index in [-0.39, 0.29) is 17.0 Å². The standard InChI is InChI=1S/C31H26F7NO2/c1-2-16-3-5-17(6-4-16)20-7-19-10-24(32)22(13-29(19)40-15-20)18-8-27(35)30(28(36)9-18)31(37,38)41-21-11-25(33)23(14-39)26(34)12-21/h8-13,16-17,20H,2-7,15H2,1H3. The predicted molar refractivity (Wildman–Crippen MR) is 136 cm³/mol. The lowest BCUT2D eigenvalue weighted by Crippen LogP contribution is -2.30. The summed E-state index contributed by atoms with van der Waals surface area (Å²) in [5.74, 6) is -6.58. The van der Waals surface area contributed by atoms with E-state index in [1.165, 1.54) is 18.2 Å². The van der Waals surface area contributed by atoms with Gasteiger partial charge >= 0.3 is 6.11 Å². The van der Waals surface area contributed by atoms with Crippen LogP contribution in [0.5, 0.6) is 11.5 Å². The molecule has 3 aromatic rings. The molecular weight excluding hydrogens is 551 g/mol. The second-order valence-corrected chi connectivity index (χ2v) is 10.7. The maximum Gasteiger partial charge on any atom is 0.432 e. The maximum atomic E-state index is 15.2. The lowest BCUT2D eigenvalue weighted by Gasteiger charge is -2.36. The number of ether oxygens (including phenoxy) is 2. The average molecular weight is 578 g/mol. The van der Waals surface area contributed by atoms with Crippen LogP contribution in [0.3, 0.4) is 0 Å². The number of fused-ring (bicyclic) bond motifs is 1. The van der Waals surface area contributed by atoms with Gasteiger partial charge in [-0.05, 0) is 72.4 Å². The maximum absolute atomic E-state index is 15.2. The summed E-state index contributed by atoms with van der Waals surface area (Å²) in [6, 6.07) is 5.42. The molecule has 1 fully saturated rings. The fraction of sp³-hybridized carbons (Fsp3) is 0.387. The van der Waals surface area contributed by atoms with Gasteiger partial charge in [-0.2, -0.15) is 14.0 Å². The van der Waals surface area contributed by atoms with E-state index in [2.05, 4.69) is 11.7 Å². The highest BCUT2D eigenvalue weighted by molar-refractivity contribution is 5.68. The SMILES string of the molecule is CCC1CCC(C2COc3cc(-c4cc(F)c(C(F)(F)Oc5cc(F)c(C#N)c(F)c5)c(F)c4)c(F)cc3C2)CC1. The minimum atomic E-state index is -4.71. The second-order valence-electron chi connectivity index (χ2n) is 10.7. The first-order valence-corrected chi connectivity index (χ1v) is 13.4. The summed E-state index contributed by atoms with van der Waals surface area (Å²) >= 11 is 0. The van der Waals surface area contributed by atoms with Gasteiger partial charge in [-0.25, -0.2) is 22.0 Å². The molecule has 1 unspecified atom stereocenters. The van der Waals surface area contributed by atoms with Crippen LogP contribution < -0.4 is 9.47 Å². The minimum Gasteiger partial charge on any atom is -0.493 e. The van der Waals surface area contributed by atoms with Crippen LogP contribution in [0.2, 0.25) is 0 Å². The highest BCUT2D eigenvalue weighted by Crippen LogP contribution is 2.42. The van der Waals surface area contributed by atoms with Gasteiger partial charge < -0.3 is 9.47 Å². The zero-order chi connectivity index (χ0) is 29.5. The number of hydrogen-bond donors (Lipinski definition) is 0. The Morgan fingerprint density at radius 1 is 0.854 bits per heavy atom. The van der Waals surface area contributed by atoms with Crippen molar-refractivity contribution in [2.75, 3.05) is 6.61 Å². The highest BCUT2D eigenvalue weighted by atomic mass is 19.3. The number of rotatable bonds is 6. The number of nitriles is 1. The van der Waals surface area contributed by atoms with E-state index in [0.29, 0.717) is 54.5 Å². The van der Waals surface area contributed by atoms with Crippen LogP contribution in [0.15, 0.2) is 36.4 Å². The van der Waals surface area contributed by atoms with Gasteiger partial charge in [-0.3, -0.25) is 0 Å². The van der Waals surface area contributed by atoms with Crippen LogP contribution in [-0.4, -0.2) is 6.61 Å². The Labute approximate surface area is 232 Å². The van der Waals surface area contributed by atoms with Crippen LogP contribution in [0, 0.1) is 58.2 Å². The van der Waals surface area contributed by atoms with Crippen LogP contribution in [0.25, 0.3) is 11.1 Å². The van der Waals surface area contributed by atoms with Crippen molar-refractivity contribution in [1.29, 1.82) is 5.26 Å². The van der Waals surface area contributed by atoms with Crippen LogP contribution in [0.1, 0.15) is 55.7 Å². The Kier molecular flexibility index (Phi) is 7.91. The second kappa shape index (κ2) is 11.3. The van der Waals surface area contributed by atoms with E-state index in [9.17, 15) is 26.3 Å². The molecule has 0 spiro atoms. The lowest BCUT2D eigenvalue weighted by atomic mass is 9.73. The topological polar surface area (TPSA) is 42.2 Å². The molecule has 10 heteroatoms. The van der Waals surface area contributed by atoms with Crippen molar-refractivity contribution in [1.82, 2.24) is 0 Å². The summed E-state index contributed by atoms with van der Waals surface area (Å²) in [6.45, 7) is 2.62. The molecule has 0 radical (unpaired) electrons. The molecule has 0 saturated heterocycles. The number of halogens is 7. The van der Waals surface area contributed by atoms with Gasteiger partial charge in [0.05, 0.1) is 6.61 Å². The van der Waals surface area contributed by atoms with E-state index in [4.69, 9.17) is 10.00 Å². The fourth-order valence-electron chi connectivity index (χ4n) is 5.94. The molecule has 1 saturated carbocycles. The zero-order valence-corrected chi connectivity index (χ0v) is 22.1.